The van der Waals surface area contributed by atoms with E-state index in [1.54, 1.807) is 24.4 Å². The highest BCUT2D eigenvalue weighted by atomic mass is 32.2. The quantitative estimate of drug-likeness (QED) is 0.369. The van der Waals surface area contributed by atoms with E-state index >= 15 is 0 Å². The number of hydrazine groups is 1. The molecule has 0 spiro atoms. The van der Waals surface area contributed by atoms with E-state index in [1.807, 2.05) is 6.08 Å². The van der Waals surface area contributed by atoms with Gasteiger partial charge in [-0.15, -0.1) is 0 Å². The van der Waals surface area contributed by atoms with Gasteiger partial charge in [0.2, 0.25) is 11.8 Å². The van der Waals surface area contributed by atoms with Gasteiger partial charge in [0.05, 0.1) is 10.6 Å². The van der Waals surface area contributed by atoms with Crippen LogP contribution in [0.1, 0.15) is 31.4 Å². The van der Waals surface area contributed by atoms with E-state index in [2.05, 4.69) is 36.8 Å². The van der Waals surface area contributed by atoms with Crippen LogP contribution in [-0.2, 0) is 4.79 Å². The Morgan fingerprint density at radius 1 is 1.17 bits per heavy atom. The third-order valence-electron chi connectivity index (χ3n) is 5.03. The van der Waals surface area contributed by atoms with Gasteiger partial charge in [0.1, 0.15) is 0 Å². The minimum Gasteiger partial charge on any atom is -0.494 e. The molecular weight excluding hydrogens is 406 g/mol. The summed E-state index contributed by atoms with van der Waals surface area (Å²) >= 11 is 0.871. The summed E-state index contributed by atoms with van der Waals surface area (Å²) in [6, 6.07) is 2.41. The van der Waals surface area contributed by atoms with E-state index in [-0.39, 0.29) is 17.2 Å². The van der Waals surface area contributed by atoms with E-state index < -0.39 is 5.91 Å². The van der Waals surface area contributed by atoms with Crippen LogP contribution in [0.15, 0.2) is 40.9 Å². The number of thioether (sulfide) groups is 1. The molecule has 1 saturated heterocycles. The Hall–Kier alpha value is -3.05. The summed E-state index contributed by atoms with van der Waals surface area (Å²) in [4.78, 5) is 32.0. The number of amides is 2. The van der Waals surface area contributed by atoms with E-state index in [1.165, 1.54) is 0 Å². The second kappa shape index (κ2) is 9.18. The van der Waals surface area contributed by atoms with Crippen molar-refractivity contribution in [3.63, 3.8) is 0 Å². The molecule has 0 atom stereocenters. The van der Waals surface area contributed by atoms with E-state index in [4.69, 9.17) is 0 Å². The second-order valence-corrected chi connectivity index (χ2v) is 8.24. The number of hydrogen-bond acceptors (Lipinski definition) is 10. The fourth-order valence-electron chi connectivity index (χ4n) is 3.47. The monoisotopic (exact) mass is 429 g/mol. The molecule has 2 amide bonds. The molecular formula is C19H23N7O3S. The van der Waals surface area contributed by atoms with Crippen molar-refractivity contribution in [1.29, 1.82) is 0 Å². The predicted molar refractivity (Wildman–Crippen MR) is 114 cm³/mol. The molecule has 4 rings (SSSR count). The largest absolute Gasteiger partial charge is 0.494 e. The van der Waals surface area contributed by atoms with Gasteiger partial charge >= 0.3 is 0 Å². The lowest BCUT2D eigenvalue weighted by molar-refractivity contribution is -0.115. The molecule has 10 nitrogen and oxygen atoms in total. The first kappa shape index (κ1) is 20.2. The standard InChI is InChI=1S/C19H23N7O3S/c27-16-6-5-14(25-26-16)10-21-11-1-3-12(4-2-11)22-18-20-8-7-13(23-18)9-15-17(28)24-19(29)30-15/h5-9,11-12,21,25-27H,1-4,10H2,(H,20,22,23)(H,24,28,29)/b15-9-. The number of imide groups is 1. The number of carbonyl (C=O) groups is 2. The van der Waals surface area contributed by atoms with Gasteiger partial charge in [0.15, 0.2) is 0 Å². The molecule has 30 heavy (non-hydrogen) atoms. The molecule has 158 valence electrons. The highest BCUT2D eigenvalue weighted by molar-refractivity contribution is 8.18. The first-order chi connectivity index (χ1) is 14.5. The summed E-state index contributed by atoms with van der Waals surface area (Å²) in [6.45, 7) is 0.702. The highest BCUT2D eigenvalue weighted by Crippen LogP contribution is 2.25. The third kappa shape index (κ3) is 5.30. The Kier molecular flexibility index (Phi) is 6.19. The van der Waals surface area contributed by atoms with Crippen molar-refractivity contribution < 1.29 is 14.7 Å². The van der Waals surface area contributed by atoms with Gasteiger partial charge in [0.25, 0.3) is 11.1 Å². The molecule has 1 aromatic rings. The van der Waals surface area contributed by atoms with Crippen molar-refractivity contribution in [2.24, 2.45) is 0 Å². The van der Waals surface area contributed by atoms with Crippen LogP contribution in [0.4, 0.5) is 10.7 Å². The zero-order valence-corrected chi connectivity index (χ0v) is 17.0. The van der Waals surface area contributed by atoms with Crippen LogP contribution in [0.5, 0.6) is 0 Å². The summed E-state index contributed by atoms with van der Waals surface area (Å²) in [5, 5.41) is 18.0. The minimum absolute atomic E-state index is 0.103. The van der Waals surface area contributed by atoms with Crippen LogP contribution in [0.25, 0.3) is 6.08 Å². The van der Waals surface area contributed by atoms with E-state index in [9.17, 15) is 14.7 Å². The molecule has 1 aliphatic carbocycles. The Morgan fingerprint density at radius 3 is 2.67 bits per heavy atom. The Bertz CT molecular complexity index is 922. The molecule has 0 aromatic carbocycles. The number of aliphatic hydroxyl groups excluding tert-OH is 1. The maximum absolute atomic E-state index is 11.7. The lowest BCUT2D eigenvalue weighted by Crippen LogP contribution is -2.42. The topological polar surface area (TPSA) is 140 Å². The molecule has 0 unspecified atom stereocenters. The average molecular weight is 430 g/mol. The summed E-state index contributed by atoms with van der Waals surface area (Å²) < 4.78 is 0. The summed E-state index contributed by atoms with van der Waals surface area (Å²) in [5.41, 5.74) is 7.17. The van der Waals surface area contributed by atoms with Gasteiger partial charge in [-0.3, -0.25) is 20.3 Å². The molecule has 11 heteroatoms. The van der Waals surface area contributed by atoms with Crippen molar-refractivity contribution in [3.05, 3.63) is 46.6 Å². The fraction of sp³-hybridized carbons (Fsp3) is 0.368. The molecule has 0 radical (unpaired) electrons. The van der Waals surface area contributed by atoms with Gasteiger partial charge in [0, 0.05) is 36.6 Å². The Labute approximate surface area is 177 Å². The third-order valence-corrected chi connectivity index (χ3v) is 5.84. The van der Waals surface area contributed by atoms with E-state index in [0.29, 0.717) is 29.1 Å². The SMILES string of the molecule is O=C1NC(=O)/C(=C/c2ccnc(NC3CCC(NCC4=CC=C(O)NN4)CC3)n2)S1. The number of rotatable bonds is 6. The number of allylic oxidation sites excluding steroid dienone is 2. The fourth-order valence-corrected chi connectivity index (χ4v) is 4.13. The molecule has 3 heterocycles. The number of hydrogen-bond donors (Lipinski definition) is 6. The smallest absolute Gasteiger partial charge is 0.290 e. The second-order valence-electron chi connectivity index (χ2n) is 7.22. The van der Waals surface area contributed by atoms with Crippen LogP contribution in [0.3, 0.4) is 0 Å². The summed E-state index contributed by atoms with van der Waals surface area (Å²) in [5.74, 6) is 0.225. The zero-order chi connectivity index (χ0) is 20.9. The molecule has 1 saturated carbocycles. The average Bonchev–Trinajstić information content (AvgIpc) is 3.05. The molecule has 2 aliphatic heterocycles. The van der Waals surface area contributed by atoms with Crippen molar-refractivity contribution in [2.75, 3.05) is 11.9 Å². The number of carbonyl (C=O) groups excluding carboxylic acids is 2. The number of nitrogens with zero attached hydrogens (tertiary/aromatic N) is 2. The number of anilines is 1. The summed E-state index contributed by atoms with van der Waals surface area (Å²) in [7, 11) is 0. The van der Waals surface area contributed by atoms with Crippen LogP contribution >= 0.6 is 11.8 Å². The van der Waals surface area contributed by atoms with E-state index in [0.717, 1.165) is 43.1 Å². The van der Waals surface area contributed by atoms with Crippen molar-refractivity contribution in [3.8, 4) is 0 Å². The van der Waals surface area contributed by atoms with Gasteiger partial charge in [-0.05, 0) is 55.7 Å². The number of nitrogens with one attached hydrogen (secondary N) is 5. The van der Waals surface area contributed by atoms with Crippen molar-refractivity contribution in [2.45, 2.75) is 37.8 Å². The summed E-state index contributed by atoms with van der Waals surface area (Å²) in [6.07, 6.45) is 10.7. The normalized spacial score (nSPS) is 25.1. The molecule has 6 N–H and O–H groups in total. The molecule has 1 aromatic heterocycles. The minimum atomic E-state index is -0.397. The van der Waals surface area contributed by atoms with Crippen molar-refractivity contribution in [1.82, 2.24) is 31.5 Å². The highest BCUT2D eigenvalue weighted by Gasteiger charge is 2.25. The number of aliphatic hydroxyl groups is 1. The molecule has 0 bridgehead atoms. The lowest BCUT2D eigenvalue weighted by Gasteiger charge is -2.30. The maximum atomic E-state index is 11.7. The van der Waals surface area contributed by atoms with Gasteiger partial charge in [-0.2, -0.15) is 0 Å². The molecule has 2 fully saturated rings. The van der Waals surface area contributed by atoms with Gasteiger partial charge < -0.3 is 21.2 Å². The van der Waals surface area contributed by atoms with Gasteiger partial charge in [-0.1, -0.05) is 0 Å². The first-order valence-electron chi connectivity index (χ1n) is 9.75. The Morgan fingerprint density at radius 2 is 1.97 bits per heavy atom. The lowest BCUT2D eigenvalue weighted by atomic mass is 9.91. The Balaban J connectivity index is 1.26. The first-order valence-corrected chi connectivity index (χ1v) is 10.6. The van der Waals surface area contributed by atoms with Crippen LogP contribution in [0.2, 0.25) is 0 Å². The van der Waals surface area contributed by atoms with Gasteiger partial charge in [-0.25, -0.2) is 9.97 Å². The van der Waals surface area contributed by atoms with Crippen LogP contribution in [-0.4, -0.2) is 44.8 Å². The van der Waals surface area contributed by atoms with Crippen molar-refractivity contribution >= 4 is 34.9 Å². The predicted octanol–water partition coefficient (Wildman–Crippen LogP) is 1.50. The number of aromatic nitrogens is 2. The molecule has 3 aliphatic rings. The maximum Gasteiger partial charge on any atom is 0.290 e. The van der Waals surface area contributed by atoms with Crippen LogP contribution in [0, 0.1) is 0 Å². The zero-order valence-electron chi connectivity index (χ0n) is 16.1. The van der Waals surface area contributed by atoms with Crippen LogP contribution < -0.4 is 26.8 Å².